The number of carbonyl (C=O) groups is 4. The molecule has 0 spiro atoms. The standard InChI is InChI=1S/C21H24N10O7S3/c1-6-13(22)28-21(31(25)14(6)23)41-4-8-3-39-17-11(16(33)30(17)12(8)19(36)37)27-15(32)10(9-5-40-20(24)26-9)29-38-7(2)18(34)35/h5,7,11,17H,3-4,25H2,1-2H3,(H8,22,23,24,26,27,32,34,35,36,37)/p+1/b29-10-/t7-,11?,17+/m0/s1. The number of fused-ring (bicyclic) bond motifs is 1. The number of thioether (sulfide) groups is 2. The van der Waals surface area contributed by atoms with Gasteiger partial charge in [-0.25, -0.2) is 14.6 Å². The number of anilines is 3. The van der Waals surface area contributed by atoms with E-state index in [4.69, 9.17) is 33.0 Å². The maximum Gasteiger partial charge on any atom is 0.352 e. The van der Waals surface area contributed by atoms with Crippen LogP contribution in [-0.2, 0) is 24.0 Å². The van der Waals surface area contributed by atoms with Crippen molar-refractivity contribution < 1.29 is 38.9 Å². The summed E-state index contributed by atoms with van der Waals surface area (Å²) in [4.78, 5) is 63.7. The number of amides is 2. The van der Waals surface area contributed by atoms with Crippen LogP contribution < -0.4 is 33.0 Å². The molecule has 0 aliphatic carbocycles. The summed E-state index contributed by atoms with van der Waals surface area (Å²) in [6, 6.07) is -1.10. The Hall–Kier alpha value is -4.30. The molecule has 11 N–H and O–H groups in total. The molecule has 0 radical (unpaired) electrons. The summed E-state index contributed by atoms with van der Waals surface area (Å²) in [6.07, 6.45) is -1.38. The quantitative estimate of drug-likeness (QED) is 0.0295. The fourth-order valence-electron chi connectivity index (χ4n) is 3.69. The molecule has 2 aliphatic heterocycles. The molecule has 1 fully saturated rings. The van der Waals surface area contributed by atoms with Gasteiger partial charge >= 0.3 is 17.1 Å². The second-order valence-corrected chi connectivity index (χ2v) is 11.6. The van der Waals surface area contributed by atoms with Crippen molar-refractivity contribution in [1.29, 1.82) is 0 Å². The molecule has 0 aromatic carbocycles. The molecule has 4 heterocycles. The minimum atomic E-state index is -1.38. The van der Waals surface area contributed by atoms with E-state index in [1.165, 1.54) is 24.1 Å². The normalized spacial score (nSPS) is 19.3. The minimum absolute atomic E-state index is 0.0103. The van der Waals surface area contributed by atoms with E-state index < -0.39 is 47.0 Å². The van der Waals surface area contributed by atoms with E-state index in [1.807, 2.05) is 0 Å². The average Bonchev–Trinajstić information content (AvgIpc) is 3.36. The van der Waals surface area contributed by atoms with E-state index >= 15 is 0 Å². The lowest BCUT2D eigenvalue weighted by Crippen LogP contribution is -2.71. The van der Waals surface area contributed by atoms with Crippen molar-refractivity contribution in [1.82, 2.24) is 20.2 Å². The third kappa shape index (κ3) is 5.79. The zero-order valence-electron chi connectivity index (χ0n) is 21.4. The maximum absolute atomic E-state index is 13.1. The number of β-lactam (4-membered cyclic amide) rings is 1. The first kappa shape index (κ1) is 29.7. The predicted octanol–water partition coefficient (Wildman–Crippen LogP) is -1.68. The first-order valence-electron chi connectivity index (χ1n) is 11.6. The van der Waals surface area contributed by atoms with E-state index in [0.29, 0.717) is 11.1 Å². The van der Waals surface area contributed by atoms with Crippen molar-refractivity contribution in [3.05, 3.63) is 27.9 Å². The third-order valence-corrected chi connectivity index (χ3v) is 9.04. The number of aliphatic carboxylic acids is 2. The molecule has 17 nitrogen and oxygen atoms in total. The molecule has 1 saturated heterocycles. The van der Waals surface area contributed by atoms with Crippen molar-refractivity contribution in [2.24, 2.45) is 5.16 Å². The third-order valence-electron chi connectivity index (χ3n) is 5.99. The van der Waals surface area contributed by atoms with Crippen LogP contribution in [0.2, 0.25) is 0 Å². The molecule has 218 valence electrons. The number of carboxylic acids is 2. The molecule has 2 aromatic heterocycles. The van der Waals surface area contributed by atoms with Crippen LogP contribution in [0.15, 0.2) is 27.0 Å². The predicted molar refractivity (Wildman–Crippen MR) is 150 cm³/mol. The topological polar surface area (TPSA) is 279 Å². The lowest BCUT2D eigenvalue weighted by atomic mass is 10.0. The number of carbonyl (C=O) groups excluding carboxylic acids is 2. The van der Waals surface area contributed by atoms with Gasteiger partial charge in [-0.2, -0.15) is 0 Å². The van der Waals surface area contributed by atoms with Crippen LogP contribution in [0.5, 0.6) is 0 Å². The van der Waals surface area contributed by atoms with Gasteiger partial charge in [0.2, 0.25) is 17.7 Å². The number of nitrogens with one attached hydrogen (secondary N) is 1. The molecule has 41 heavy (non-hydrogen) atoms. The van der Waals surface area contributed by atoms with Gasteiger partial charge in [0.25, 0.3) is 11.8 Å². The lowest BCUT2D eigenvalue weighted by molar-refractivity contribution is -0.667. The Kier molecular flexibility index (Phi) is 8.44. The monoisotopic (exact) mass is 625 g/mol. The highest BCUT2D eigenvalue weighted by atomic mass is 32.2. The average molecular weight is 626 g/mol. The van der Waals surface area contributed by atoms with E-state index in [0.717, 1.165) is 32.7 Å². The number of nitrogens with two attached hydrogens (primary N) is 4. The van der Waals surface area contributed by atoms with Crippen molar-refractivity contribution in [2.45, 2.75) is 36.5 Å². The molecule has 2 aromatic rings. The number of nitrogens with zero attached hydrogens (tertiary/aromatic N) is 5. The summed E-state index contributed by atoms with van der Waals surface area (Å²) in [5.41, 5.74) is 17.8. The second-order valence-electron chi connectivity index (χ2n) is 8.66. The van der Waals surface area contributed by atoms with Crippen molar-refractivity contribution in [3.63, 3.8) is 0 Å². The van der Waals surface area contributed by atoms with Gasteiger partial charge in [0, 0.05) is 16.9 Å². The summed E-state index contributed by atoms with van der Waals surface area (Å²) in [7, 11) is 0. The Morgan fingerprint density at radius 2 is 2.02 bits per heavy atom. The first-order valence-corrected chi connectivity index (χ1v) is 14.5. The zero-order valence-corrected chi connectivity index (χ0v) is 23.9. The number of aromatic nitrogens is 3. The number of rotatable bonds is 10. The largest absolute Gasteiger partial charge is 0.478 e. The number of carboxylic acid groups (broad SMARTS) is 2. The van der Waals surface area contributed by atoms with E-state index in [2.05, 4.69) is 20.4 Å². The summed E-state index contributed by atoms with van der Waals surface area (Å²) in [5, 5.41) is 26.2. The van der Waals surface area contributed by atoms with Gasteiger partial charge in [-0.3, -0.25) is 20.3 Å². The number of thiazole rings is 1. The smallest absolute Gasteiger partial charge is 0.352 e. The van der Waals surface area contributed by atoms with Gasteiger partial charge in [0.1, 0.15) is 22.8 Å². The summed E-state index contributed by atoms with van der Waals surface area (Å²) in [6.45, 7) is 2.87. The molecular formula is C21H25N10O7S3+. The molecule has 3 atom stereocenters. The van der Waals surface area contributed by atoms with Crippen molar-refractivity contribution in [2.75, 3.05) is 34.5 Å². The molecule has 4 rings (SSSR count). The number of hydrogen-bond acceptors (Lipinski definition) is 15. The SMILES string of the molecule is Cc1c(N)nc(SCC2=C(C(=O)O)N3C(=O)C(NC(=O)/C(=N\O[C@@H](C)C(=O)O)c4csc(N)n4)[C@H]3SC2)[n+](N)c1N. The van der Waals surface area contributed by atoms with Gasteiger partial charge < -0.3 is 37.6 Å². The fraction of sp³-hybridized carbons (Fsp3) is 0.333. The van der Waals surface area contributed by atoms with Crippen LogP contribution in [0.3, 0.4) is 0 Å². The van der Waals surface area contributed by atoms with Crippen LogP contribution in [0, 0.1) is 6.92 Å². The second kappa shape index (κ2) is 11.7. The van der Waals surface area contributed by atoms with Crippen LogP contribution >= 0.6 is 34.9 Å². The van der Waals surface area contributed by atoms with Crippen LogP contribution in [0.4, 0.5) is 16.8 Å². The van der Waals surface area contributed by atoms with Crippen molar-refractivity contribution in [3.8, 4) is 0 Å². The highest BCUT2D eigenvalue weighted by Crippen LogP contribution is 2.41. The van der Waals surface area contributed by atoms with Crippen LogP contribution in [-0.4, -0.2) is 83.6 Å². The Morgan fingerprint density at radius 3 is 2.63 bits per heavy atom. The van der Waals surface area contributed by atoms with E-state index in [-0.39, 0.29) is 44.8 Å². The lowest BCUT2D eigenvalue weighted by Gasteiger charge is -2.49. The summed E-state index contributed by atoms with van der Waals surface area (Å²) < 4.78 is 1.15. The van der Waals surface area contributed by atoms with Crippen LogP contribution in [0.1, 0.15) is 18.2 Å². The molecule has 20 heteroatoms. The molecule has 2 amide bonds. The van der Waals surface area contributed by atoms with Gasteiger partial charge in [-0.1, -0.05) is 10.1 Å². The maximum atomic E-state index is 13.1. The highest BCUT2D eigenvalue weighted by molar-refractivity contribution is 8.01. The molecule has 2 aliphatic rings. The first-order chi connectivity index (χ1) is 19.3. The Morgan fingerprint density at radius 1 is 1.32 bits per heavy atom. The Balaban J connectivity index is 1.52. The highest BCUT2D eigenvalue weighted by Gasteiger charge is 2.54. The Bertz CT molecular complexity index is 1510. The zero-order chi connectivity index (χ0) is 30.2. The summed E-state index contributed by atoms with van der Waals surface area (Å²) >= 11 is 3.36. The van der Waals surface area contributed by atoms with E-state index in [1.54, 1.807) is 6.92 Å². The summed E-state index contributed by atoms with van der Waals surface area (Å²) in [5.74, 6) is 2.52. The molecular weight excluding hydrogens is 600 g/mol. The molecule has 0 bridgehead atoms. The van der Waals surface area contributed by atoms with Gasteiger partial charge in [0.15, 0.2) is 10.8 Å². The van der Waals surface area contributed by atoms with Crippen molar-refractivity contribution >= 4 is 81.1 Å². The number of hydrogen-bond donors (Lipinski definition) is 7. The molecule has 0 saturated carbocycles. The number of oxime groups is 1. The van der Waals surface area contributed by atoms with Gasteiger partial charge in [-0.15, -0.1) is 27.8 Å². The fourth-order valence-corrected chi connectivity index (χ4v) is 6.66. The van der Waals surface area contributed by atoms with E-state index in [9.17, 15) is 24.3 Å². The van der Waals surface area contributed by atoms with Crippen LogP contribution in [0.25, 0.3) is 0 Å². The number of nitrogen functional groups attached to an aromatic ring is 4. The minimum Gasteiger partial charge on any atom is -0.478 e. The molecule has 1 unspecified atom stereocenters. The van der Waals surface area contributed by atoms with Gasteiger partial charge in [-0.05, 0) is 31.2 Å². The van der Waals surface area contributed by atoms with Gasteiger partial charge in [0.05, 0.1) is 5.56 Å². The Labute approximate surface area is 243 Å².